The summed E-state index contributed by atoms with van der Waals surface area (Å²) in [6, 6.07) is 7.43. The average molecular weight is 365 g/mol. The molecule has 2 aliphatic rings. The number of amides is 1. The zero-order chi connectivity index (χ0) is 18.3. The summed E-state index contributed by atoms with van der Waals surface area (Å²) >= 11 is 0. The van der Waals surface area contributed by atoms with Gasteiger partial charge in [-0.2, -0.15) is 13.2 Å². The van der Waals surface area contributed by atoms with E-state index in [4.69, 9.17) is 4.74 Å². The van der Waals surface area contributed by atoms with Crippen molar-refractivity contribution in [3.63, 3.8) is 0 Å². The summed E-state index contributed by atoms with van der Waals surface area (Å²) < 4.78 is 45.8. The van der Waals surface area contributed by atoms with Gasteiger partial charge in [0.25, 0.3) is 5.91 Å². The maximum atomic E-state index is 12.9. The summed E-state index contributed by atoms with van der Waals surface area (Å²) in [5, 5.41) is 2.86. The number of hydrogen-bond acceptors (Lipinski definition) is 3. The Bertz CT molecular complexity index is 831. The van der Waals surface area contributed by atoms with Crippen LogP contribution in [0.4, 0.5) is 13.2 Å². The third kappa shape index (κ3) is 3.27. The Balaban J connectivity index is 1.43. The normalized spacial score (nSPS) is 22.1. The first kappa shape index (κ1) is 16.9. The molecule has 1 amide bonds. The number of halogens is 3. The molecule has 1 aromatic heterocycles. The first-order valence-electron chi connectivity index (χ1n) is 8.54. The minimum Gasteiger partial charge on any atom is -0.491 e. The van der Waals surface area contributed by atoms with E-state index in [0.717, 1.165) is 11.3 Å². The van der Waals surface area contributed by atoms with Gasteiger partial charge in [-0.25, -0.2) is 4.98 Å². The number of ether oxygens (including phenoxy) is 1. The number of fused-ring (bicyclic) bond motifs is 2. The number of aromatic nitrogens is 2. The van der Waals surface area contributed by atoms with Gasteiger partial charge in [0, 0.05) is 19.2 Å². The van der Waals surface area contributed by atoms with Crippen LogP contribution in [-0.2, 0) is 19.4 Å². The molecule has 2 aliphatic heterocycles. The number of aryl methyl sites for hydroxylation is 1. The Kier molecular flexibility index (Phi) is 4.13. The SMILES string of the molecule is O=C(N[C@H]1COc2ccccc2C1)c1cn2c(n1)CCC(C(F)(F)F)C2. The van der Waals surface area contributed by atoms with Crippen molar-refractivity contribution in [1.82, 2.24) is 14.9 Å². The summed E-state index contributed by atoms with van der Waals surface area (Å²) in [4.78, 5) is 16.7. The second kappa shape index (κ2) is 6.34. The Morgan fingerprint density at radius 2 is 2.12 bits per heavy atom. The molecule has 0 spiro atoms. The van der Waals surface area contributed by atoms with Crippen LogP contribution in [0.2, 0.25) is 0 Å². The van der Waals surface area contributed by atoms with Crippen molar-refractivity contribution in [2.45, 2.75) is 38.0 Å². The largest absolute Gasteiger partial charge is 0.491 e. The average Bonchev–Trinajstić information content (AvgIpc) is 3.04. The lowest BCUT2D eigenvalue weighted by Crippen LogP contribution is -2.42. The summed E-state index contributed by atoms with van der Waals surface area (Å²) in [6.45, 7) is 0.172. The maximum absolute atomic E-state index is 12.9. The molecular weight excluding hydrogens is 347 g/mol. The second-order valence-corrected chi connectivity index (χ2v) is 6.77. The number of nitrogens with one attached hydrogen (secondary N) is 1. The van der Waals surface area contributed by atoms with Gasteiger partial charge in [0.05, 0.1) is 12.0 Å². The van der Waals surface area contributed by atoms with Gasteiger partial charge >= 0.3 is 6.18 Å². The number of rotatable bonds is 2. The second-order valence-electron chi connectivity index (χ2n) is 6.77. The van der Waals surface area contributed by atoms with E-state index in [1.807, 2.05) is 24.3 Å². The van der Waals surface area contributed by atoms with Crippen LogP contribution in [0, 0.1) is 5.92 Å². The molecule has 0 saturated heterocycles. The fourth-order valence-electron chi connectivity index (χ4n) is 3.50. The summed E-state index contributed by atoms with van der Waals surface area (Å²) in [5.41, 5.74) is 1.17. The van der Waals surface area contributed by atoms with Crippen molar-refractivity contribution < 1.29 is 22.7 Å². The van der Waals surface area contributed by atoms with Crippen LogP contribution >= 0.6 is 0 Å². The standard InChI is InChI=1S/C18H18F3N3O2/c19-18(20,21)12-5-6-16-23-14(9-24(16)8-12)17(25)22-13-7-11-3-1-2-4-15(11)26-10-13/h1-4,9,12-13H,5-8,10H2,(H,22,25)/t12?,13-/m1/s1. The van der Waals surface area contributed by atoms with Crippen LogP contribution < -0.4 is 10.1 Å². The van der Waals surface area contributed by atoms with Gasteiger partial charge in [-0.1, -0.05) is 18.2 Å². The number of alkyl halides is 3. The van der Waals surface area contributed by atoms with Crippen LogP contribution in [0.5, 0.6) is 5.75 Å². The summed E-state index contributed by atoms with van der Waals surface area (Å²) in [6.07, 6.45) is -1.94. The highest BCUT2D eigenvalue weighted by atomic mass is 19.4. The van der Waals surface area contributed by atoms with Crippen molar-refractivity contribution >= 4 is 5.91 Å². The molecule has 1 aromatic carbocycles. The van der Waals surface area contributed by atoms with E-state index in [1.165, 1.54) is 10.8 Å². The van der Waals surface area contributed by atoms with E-state index >= 15 is 0 Å². The Hall–Kier alpha value is -2.51. The van der Waals surface area contributed by atoms with Gasteiger partial charge in [0.2, 0.25) is 0 Å². The molecule has 3 heterocycles. The molecule has 0 fully saturated rings. The molecule has 0 bridgehead atoms. The molecule has 2 aromatic rings. The fraction of sp³-hybridized carbons (Fsp3) is 0.444. The first-order chi connectivity index (χ1) is 12.4. The summed E-state index contributed by atoms with van der Waals surface area (Å²) in [5.74, 6) is -0.429. The van der Waals surface area contributed by atoms with Crippen LogP contribution in [-0.4, -0.2) is 34.3 Å². The molecule has 1 N–H and O–H groups in total. The molecule has 26 heavy (non-hydrogen) atoms. The van der Waals surface area contributed by atoms with Crippen molar-refractivity contribution in [2.75, 3.05) is 6.61 Å². The highest BCUT2D eigenvalue weighted by molar-refractivity contribution is 5.92. The van der Waals surface area contributed by atoms with Crippen molar-refractivity contribution in [1.29, 1.82) is 0 Å². The molecule has 2 atom stereocenters. The minimum atomic E-state index is -4.22. The zero-order valence-electron chi connectivity index (χ0n) is 13.9. The smallest absolute Gasteiger partial charge is 0.393 e. The molecule has 138 valence electrons. The Morgan fingerprint density at radius 1 is 1.31 bits per heavy atom. The van der Waals surface area contributed by atoms with Crippen molar-refractivity contribution in [2.24, 2.45) is 5.92 Å². The first-order valence-corrected chi connectivity index (χ1v) is 8.54. The van der Waals surface area contributed by atoms with E-state index in [-0.39, 0.29) is 37.0 Å². The zero-order valence-corrected chi connectivity index (χ0v) is 13.9. The molecule has 0 saturated carbocycles. The van der Waals surface area contributed by atoms with Crippen molar-refractivity contribution in [3.8, 4) is 5.75 Å². The third-order valence-electron chi connectivity index (χ3n) is 4.90. The van der Waals surface area contributed by atoms with Gasteiger partial charge in [-0.15, -0.1) is 0 Å². The third-order valence-corrected chi connectivity index (χ3v) is 4.90. The van der Waals surface area contributed by atoms with E-state index < -0.39 is 12.1 Å². The van der Waals surface area contributed by atoms with E-state index in [1.54, 1.807) is 0 Å². The maximum Gasteiger partial charge on any atom is 0.393 e. The highest BCUT2D eigenvalue weighted by Crippen LogP contribution is 2.34. The van der Waals surface area contributed by atoms with Crippen LogP contribution in [0.1, 0.15) is 28.3 Å². The topological polar surface area (TPSA) is 56.1 Å². The number of para-hydroxylation sites is 1. The number of carbonyl (C=O) groups is 1. The monoisotopic (exact) mass is 365 g/mol. The lowest BCUT2D eigenvalue weighted by atomic mass is 9.99. The van der Waals surface area contributed by atoms with E-state index in [2.05, 4.69) is 10.3 Å². The number of nitrogens with zero attached hydrogens (tertiary/aromatic N) is 2. The van der Waals surface area contributed by atoms with Gasteiger partial charge < -0.3 is 14.6 Å². The minimum absolute atomic E-state index is 0.00875. The predicted molar refractivity (Wildman–Crippen MR) is 87.0 cm³/mol. The predicted octanol–water partition coefficient (Wildman–Crippen LogP) is 2.74. The highest BCUT2D eigenvalue weighted by Gasteiger charge is 2.41. The van der Waals surface area contributed by atoms with Gasteiger partial charge in [-0.05, 0) is 24.5 Å². The lowest BCUT2D eigenvalue weighted by molar-refractivity contribution is -0.182. The summed E-state index contributed by atoms with van der Waals surface area (Å²) in [7, 11) is 0. The van der Waals surface area contributed by atoms with Gasteiger partial charge in [-0.3, -0.25) is 4.79 Å². The molecular formula is C18H18F3N3O2. The molecule has 1 unspecified atom stereocenters. The van der Waals surface area contributed by atoms with E-state index in [9.17, 15) is 18.0 Å². The number of carbonyl (C=O) groups excluding carboxylic acids is 1. The number of imidazole rings is 1. The van der Waals surface area contributed by atoms with Crippen molar-refractivity contribution in [3.05, 3.63) is 47.5 Å². The fourth-order valence-corrected chi connectivity index (χ4v) is 3.50. The van der Waals surface area contributed by atoms with Gasteiger partial charge in [0.15, 0.2) is 0 Å². The van der Waals surface area contributed by atoms with Crippen LogP contribution in [0.15, 0.2) is 30.5 Å². The molecule has 5 nitrogen and oxygen atoms in total. The number of hydrogen-bond donors (Lipinski definition) is 1. The number of benzene rings is 1. The molecule has 4 rings (SSSR count). The molecule has 8 heteroatoms. The molecule has 0 radical (unpaired) electrons. The van der Waals surface area contributed by atoms with Gasteiger partial charge in [0.1, 0.15) is 23.9 Å². The van der Waals surface area contributed by atoms with Crippen LogP contribution in [0.25, 0.3) is 0 Å². The Morgan fingerprint density at radius 3 is 2.92 bits per heavy atom. The lowest BCUT2D eigenvalue weighted by Gasteiger charge is -2.25. The van der Waals surface area contributed by atoms with Crippen LogP contribution in [0.3, 0.4) is 0 Å². The molecule has 0 aliphatic carbocycles. The quantitative estimate of drug-likeness (QED) is 0.890. The van der Waals surface area contributed by atoms with E-state index in [0.29, 0.717) is 18.9 Å². The Labute approximate surface area is 148 Å².